The van der Waals surface area contributed by atoms with E-state index in [0.29, 0.717) is 17.1 Å². The van der Waals surface area contributed by atoms with Gasteiger partial charge in [-0.2, -0.15) is 0 Å². The van der Waals surface area contributed by atoms with Gasteiger partial charge in [0.2, 0.25) is 0 Å². The number of esters is 1. The van der Waals surface area contributed by atoms with E-state index >= 15 is 0 Å². The van der Waals surface area contributed by atoms with E-state index in [4.69, 9.17) is 9.47 Å². The van der Waals surface area contributed by atoms with Crippen LogP contribution >= 0.6 is 11.3 Å². The summed E-state index contributed by atoms with van der Waals surface area (Å²) in [5.41, 5.74) is 0.414. The van der Waals surface area contributed by atoms with E-state index in [0.717, 1.165) is 18.0 Å². The van der Waals surface area contributed by atoms with Crippen LogP contribution in [0.15, 0.2) is 6.07 Å². The van der Waals surface area contributed by atoms with Gasteiger partial charge in [-0.1, -0.05) is 0 Å². The van der Waals surface area contributed by atoms with E-state index in [1.165, 1.54) is 23.3 Å². The Labute approximate surface area is 134 Å². The lowest BCUT2D eigenvalue weighted by atomic mass is 10.2. The van der Waals surface area contributed by atoms with E-state index in [1.807, 2.05) is 20.8 Å². The van der Waals surface area contributed by atoms with Gasteiger partial charge in [0, 0.05) is 4.88 Å². The minimum atomic E-state index is -0.430. The molecule has 1 fully saturated rings. The number of morpholine rings is 1. The highest BCUT2D eigenvalue weighted by molar-refractivity contribution is 7.16. The van der Waals surface area contributed by atoms with Gasteiger partial charge in [-0.15, -0.1) is 11.3 Å². The molecule has 1 aliphatic heterocycles. The van der Waals surface area contributed by atoms with Crippen molar-refractivity contribution in [3.05, 3.63) is 16.5 Å². The van der Waals surface area contributed by atoms with Gasteiger partial charge in [0.15, 0.2) is 6.54 Å². The molecule has 7 heteroatoms. The summed E-state index contributed by atoms with van der Waals surface area (Å²) in [6, 6.07) is 1.73. The standard InChI is InChI=1S/C15H22N2O4S/c1-9-6-17(7-10(2)21-9)8-13(18)16-14-12(15(19)20-4)5-11(3)22-14/h5,9-10H,6-8H2,1-4H3,(H,16,18)/p+1/t9-,10+. The average molecular weight is 327 g/mol. The van der Waals surface area contributed by atoms with E-state index in [2.05, 4.69) is 5.32 Å². The number of amides is 1. The molecule has 0 aromatic carbocycles. The van der Waals surface area contributed by atoms with Crippen molar-refractivity contribution in [2.45, 2.75) is 33.0 Å². The van der Waals surface area contributed by atoms with Gasteiger partial charge in [0.05, 0.1) is 12.7 Å². The van der Waals surface area contributed by atoms with Gasteiger partial charge in [0.25, 0.3) is 5.91 Å². The molecule has 2 rings (SSSR count). The van der Waals surface area contributed by atoms with Crippen molar-refractivity contribution in [3.8, 4) is 0 Å². The molecule has 22 heavy (non-hydrogen) atoms. The second kappa shape index (κ2) is 7.21. The average Bonchev–Trinajstić information content (AvgIpc) is 2.77. The molecule has 1 aliphatic rings. The van der Waals surface area contributed by atoms with Crippen LogP contribution in [-0.2, 0) is 14.3 Å². The quantitative estimate of drug-likeness (QED) is 0.789. The van der Waals surface area contributed by atoms with Gasteiger partial charge < -0.3 is 19.7 Å². The number of anilines is 1. The topological polar surface area (TPSA) is 69.1 Å². The number of methoxy groups -OCH3 is 1. The molecule has 2 N–H and O–H groups in total. The monoisotopic (exact) mass is 327 g/mol. The third kappa shape index (κ3) is 4.28. The Morgan fingerprint density at radius 1 is 1.41 bits per heavy atom. The highest BCUT2D eigenvalue weighted by Gasteiger charge is 2.27. The first-order chi connectivity index (χ1) is 10.4. The van der Waals surface area contributed by atoms with Crippen LogP contribution in [0, 0.1) is 6.92 Å². The number of ether oxygens (including phenoxy) is 2. The van der Waals surface area contributed by atoms with Crippen molar-refractivity contribution in [1.82, 2.24) is 0 Å². The number of rotatable bonds is 4. The fraction of sp³-hybridized carbons (Fsp3) is 0.600. The highest BCUT2D eigenvalue weighted by Crippen LogP contribution is 2.27. The summed E-state index contributed by atoms with van der Waals surface area (Å²) in [6.45, 7) is 7.92. The molecule has 1 aromatic heterocycles. The number of hydrogen-bond donors (Lipinski definition) is 2. The molecule has 0 radical (unpaired) electrons. The van der Waals surface area contributed by atoms with E-state index < -0.39 is 5.97 Å². The van der Waals surface area contributed by atoms with Crippen LogP contribution in [0.25, 0.3) is 0 Å². The maximum absolute atomic E-state index is 12.2. The fourth-order valence-corrected chi connectivity index (χ4v) is 3.72. The maximum Gasteiger partial charge on any atom is 0.340 e. The number of nitrogens with one attached hydrogen (secondary N) is 2. The van der Waals surface area contributed by atoms with Gasteiger partial charge in [0.1, 0.15) is 30.3 Å². The largest absolute Gasteiger partial charge is 0.465 e. The molecule has 0 bridgehead atoms. The Morgan fingerprint density at radius 3 is 2.64 bits per heavy atom. The summed E-state index contributed by atoms with van der Waals surface area (Å²) >= 11 is 1.38. The number of quaternary nitrogens is 1. The lowest BCUT2D eigenvalue weighted by Gasteiger charge is -2.31. The highest BCUT2D eigenvalue weighted by atomic mass is 32.1. The summed E-state index contributed by atoms with van der Waals surface area (Å²) in [4.78, 5) is 26.1. The van der Waals surface area contributed by atoms with Crippen LogP contribution in [0.3, 0.4) is 0 Å². The second-order valence-corrected chi connectivity index (χ2v) is 6.99. The molecular weight excluding hydrogens is 304 g/mol. The molecule has 1 aromatic rings. The Kier molecular flexibility index (Phi) is 5.55. The molecule has 6 nitrogen and oxygen atoms in total. The first-order valence-electron chi connectivity index (χ1n) is 7.36. The number of aryl methyl sites for hydroxylation is 1. The molecule has 0 aliphatic carbocycles. The van der Waals surface area contributed by atoms with Crippen LogP contribution < -0.4 is 10.2 Å². The van der Waals surface area contributed by atoms with Crippen molar-refractivity contribution in [1.29, 1.82) is 0 Å². The molecule has 2 heterocycles. The predicted octanol–water partition coefficient (Wildman–Crippen LogP) is 0.474. The zero-order valence-corrected chi connectivity index (χ0v) is 14.2. The molecule has 1 saturated heterocycles. The molecule has 3 atom stereocenters. The van der Waals surface area contributed by atoms with Crippen molar-refractivity contribution >= 4 is 28.2 Å². The van der Waals surface area contributed by atoms with E-state index in [9.17, 15) is 9.59 Å². The third-order valence-corrected chi connectivity index (χ3v) is 4.51. The summed E-state index contributed by atoms with van der Waals surface area (Å²) < 4.78 is 10.4. The molecular formula is C15H23N2O4S+. The van der Waals surface area contributed by atoms with E-state index in [1.54, 1.807) is 6.07 Å². The van der Waals surface area contributed by atoms with Gasteiger partial charge in [-0.25, -0.2) is 4.79 Å². The molecule has 1 amide bonds. The van der Waals surface area contributed by atoms with Crippen molar-refractivity contribution in [2.24, 2.45) is 0 Å². The van der Waals surface area contributed by atoms with Gasteiger partial charge in [-0.05, 0) is 26.8 Å². The third-order valence-electron chi connectivity index (χ3n) is 3.54. The Hall–Kier alpha value is -1.44. The van der Waals surface area contributed by atoms with Crippen molar-refractivity contribution in [3.63, 3.8) is 0 Å². The lowest BCUT2D eigenvalue weighted by molar-refractivity contribution is -0.907. The minimum absolute atomic E-state index is 0.0942. The Bertz CT molecular complexity index is 548. The summed E-state index contributed by atoms with van der Waals surface area (Å²) in [7, 11) is 1.33. The number of thiophene rings is 1. The van der Waals surface area contributed by atoms with Crippen LogP contribution in [0.2, 0.25) is 0 Å². The normalized spacial score (nSPS) is 24.8. The van der Waals surface area contributed by atoms with Crippen LogP contribution in [0.1, 0.15) is 29.1 Å². The fourth-order valence-electron chi connectivity index (χ4n) is 2.80. The summed E-state index contributed by atoms with van der Waals surface area (Å²) in [5.74, 6) is -0.524. The second-order valence-electron chi connectivity index (χ2n) is 5.73. The molecule has 1 unspecified atom stereocenters. The van der Waals surface area contributed by atoms with Crippen molar-refractivity contribution in [2.75, 3.05) is 32.1 Å². The number of carbonyl (C=O) groups excluding carboxylic acids is 2. The SMILES string of the molecule is COC(=O)c1cc(C)sc1NC(=O)C[NH+]1C[C@@H](C)O[C@@H](C)C1. The Morgan fingerprint density at radius 2 is 2.05 bits per heavy atom. The Balaban J connectivity index is 1.99. The van der Waals surface area contributed by atoms with Gasteiger partial charge >= 0.3 is 5.97 Å². The zero-order chi connectivity index (χ0) is 16.3. The summed E-state index contributed by atoms with van der Waals surface area (Å²) in [6.07, 6.45) is 0.308. The molecule has 0 saturated carbocycles. The number of carbonyl (C=O) groups is 2. The predicted molar refractivity (Wildman–Crippen MR) is 84.6 cm³/mol. The maximum atomic E-state index is 12.2. The van der Waals surface area contributed by atoms with Crippen LogP contribution in [-0.4, -0.2) is 50.8 Å². The smallest absolute Gasteiger partial charge is 0.340 e. The summed E-state index contributed by atoms with van der Waals surface area (Å²) in [5, 5.41) is 3.40. The van der Waals surface area contributed by atoms with Gasteiger partial charge in [-0.3, -0.25) is 4.79 Å². The zero-order valence-electron chi connectivity index (χ0n) is 13.4. The van der Waals surface area contributed by atoms with Crippen LogP contribution in [0.4, 0.5) is 5.00 Å². The minimum Gasteiger partial charge on any atom is -0.465 e. The molecule has 122 valence electrons. The van der Waals surface area contributed by atoms with E-state index in [-0.39, 0.29) is 18.1 Å². The number of hydrogen-bond acceptors (Lipinski definition) is 5. The molecule has 0 spiro atoms. The van der Waals surface area contributed by atoms with Crippen molar-refractivity contribution < 1.29 is 24.0 Å². The lowest BCUT2D eigenvalue weighted by Crippen LogP contribution is -3.16. The first-order valence-corrected chi connectivity index (χ1v) is 8.18. The van der Waals surface area contributed by atoms with Crippen LogP contribution in [0.5, 0.6) is 0 Å². The first kappa shape index (κ1) is 16.9.